The van der Waals surface area contributed by atoms with Crippen molar-refractivity contribution in [2.24, 2.45) is 0 Å². The summed E-state index contributed by atoms with van der Waals surface area (Å²) in [6.07, 6.45) is 2.69. The molecular formula is C31H30ClN5O3. The third kappa shape index (κ3) is 7.35. The highest BCUT2D eigenvalue weighted by atomic mass is 35.5. The maximum Gasteiger partial charge on any atom is 0.159 e. The van der Waals surface area contributed by atoms with Gasteiger partial charge in [-0.25, -0.2) is 0 Å². The number of hydrogen-bond donors (Lipinski definition) is 1. The van der Waals surface area contributed by atoms with Gasteiger partial charge in [-0.15, -0.1) is 0 Å². The van der Waals surface area contributed by atoms with Gasteiger partial charge in [-0.2, -0.15) is 5.26 Å². The lowest BCUT2D eigenvalue weighted by Crippen LogP contribution is -2.11. The largest absolute Gasteiger partial charge is 0.494 e. The first-order chi connectivity index (χ1) is 23.1. The van der Waals surface area contributed by atoms with Gasteiger partial charge in [0.2, 0.25) is 0 Å². The van der Waals surface area contributed by atoms with E-state index in [4.69, 9.17) is 34.8 Å². The Morgan fingerprint density at radius 1 is 1.25 bits per heavy atom. The van der Waals surface area contributed by atoms with Gasteiger partial charge < -0.3 is 19.7 Å². The zero-order chi connectivity index (χ0) is 37.2. The highest BCUT2D eigenvalue weighted by Gasteiger charge is 2.16. The fourth-order valence-electron chi connectivity index (χ4n) is 3.60. The molecule has 0 unspecified atom stereocenters. The second kappa shape index (κ2) is 13.6. The number of nitriles is 1. The molecule has 2 aromatic carbocycles. The van der Waals surface area contributed by atoms with E-state index in [1.54, 1.807) is 12.1 Å². The van der Waals surface area contributed by atoms with Gasteiger partial charge in [0, 0.05) is 54.9 Å². The van der Waals surface area contributed by atoms with Crippen LogP contribution in [0.3, 0.4) is 0 Å². The van der Waals surface area contributed by atoms with E-state index >= 15 is 0 Å². The van der Waals surface area contributed by atoms with E-state index < -0.39 is 44.8 Å². The van der Waals surface area contributed by atoms with Crippen molar-refractivity contribution in [2.45, 2.75) is 19.9 Å². The van der Waals surface area contributed by atoms with Crippen LogP contribution in [0.5, 0.6) is 11.5 Å². The molecule has 0 aliphatic carbocycles. The van der Waals surface area contributed by atoms with Crippen LogP contribution in [0.4, 0.5) is 11.4 Å². The predicted molar refractivity (Wildman–Crippen MR) is 157 cm³/mol. The SMILES string of the molecule is [2H]/C(=C\C([2H])([2H])N(C)C([2H])([2H])[2H])C(=O)Cc1cc2c(Nc3ccc(OC([2H])([2H])c4ccccn4)c(Cl)c3)c(C#N)cnc2cc1OC([2H])([2H])C. The maximum atomic E-state index is 13.2. The molecule has 0 saturated carbocycles. The molecule has 2 heterocycles. The first-order valence-electron chi connectivity index (χ1n) is 16.8. The summed E-state index contributed by atoms with van der Waals surface area (Å²) >= 11 is 6.46. The van der Waals surface area contributed by atoms with Crippen molar-refractivity contribution in [1.82, 2.24) is 14.9 Å². The minimum absolute atomic E-state index is 0.0121. The summed E-state index contributed by atoms with van der Waals surface area (Å²) in [6.45, 7) is -8.93. The van der Waals surface area contributed by atoms with Crippen molar-refractivity contribution >= 4 is 39.7 Å². The standard InChI is InChI=1S/C31H30ClN5O3/c1-4-39-30-17-28-26(15-21(30)14-25(38)9-7-13-37(2)3)31(22(18-33)19-35-28)36-23-10-11-29(27(32)16-23)40-20-24-8-5-6-12-34-24/h5-12,15-17,19H,4,13-14,20H2,1-3H3,(H,35,36)/b9-7+/i2D3,4D2,9D,13D2,20D2. The molecule has 0 bridgehead atoms. The molecule has 40 heavy (non-hydrogen) atoms. The summed E-state index contributed by atoms with van der Waals surface area (Å²) in [6, 6.07) is 13.1. The lowest BCUT2D eigenvalue weighted by Gasteiger charge is -2.16. The molecule has 0 amide bonds. The van der Waals surface area contributed by atoms with Gasteiger partial charge in [0.25, 0.3) is 0 Å². The normalized spacial score (nSPS) is 16.4. The number of rotatable bonds is 12. The van der Waals surface area contributed by atoms with E-state index in [-0.39, 0.29) is 49.9 Å². The number of hydrogen-bond acceptors (Lipinski definition) is 8. The number of anilines is 2. The molecular weight excluding hydrogens is 526 g/mol. The van der Waals surface area contributed by atoms with Gasteiger partial charge in [0.1, 0.15) is 24.1 Å². The number of likely N-dealkylation sites (N-methyl/N-ethyl adjacent to an activating group) is 1. The Hall–Kier alpha value is -4.45. The van der Waals surface area contributed by atoms with Crippen LogP contribution in [0.2, 0.25) is 5.02 Å². The minimum Gasteiger partial charge on any atom is -0.494 e. The van der Waals surface area contributed by atoms with E-state index in [0.717, 1.165) is 14.0 Å². The molecule has 0 atom stereocenters. The number of nitrogens with zero attached hydrogens (tertiary/aromatic N) is 4. The van der Waals surface area contributed by atoms with E-state index in [0.29, 0.717) is 16.7 Å². The number of ketones is 1. The predicted octanol–water partition coefficient (Wildman–Crippen LogP) is 6.11. The first-order valence-corrected chi connectivity index (χ1v) is 12.2. The Morgan fingerprint density at radius 2 is 2.12 bits per heavy atom. The maximum absolute atomic E-state index is 13.2. The molecule has 2 aromatic heterocycles. The molecule has 4 rings (SSSR count). The summed E-state index contributed by atoms with van der Waals surface area (Å²) in [5.74, 6) is -1.03. The van der Waals surface area contributed by atoms with E-state index in [1.807, 2.05) is 6.07 Å². The van der Waals surface area contributed by atoms with Gasteiger partial charge in [0.15, 0.2) is 5.78 Å². The zero-order valence-electron chi connectivity index (χ0n) is 31.4. The average Bonchev–Trinajstić information content (AvgIpc) is 3.01. The Labute approximate surface area is 252 Å². The summed E-state index contributed by atoms with van der Waals surface area (Å²) in [5.41, 5.74) is 0.957. The van der Waals surface area contributed by atoms with Crippen molar-refractivity contribution in [3.8, 4) is 17.6 Å². The van der Waals surface area contributed by atoms with Crippen LogP contribution >= 0.6 is 11.6 Å². The number of allylic oxidation sites excluding steroid dienone is 1. The molecule has 204 valence electrons. The second-order valence-electron chi connectivity index (χ2n) is 8.21. The molecule has 4 aromatic rings. The van der Waals surface area contributed by atoms with E-state index in [9.17, 15) is 10.1 Å². The highest BCUT2D eigenvalue weighted by Crippen LogP contribution is 2.36. The number of carbonyl (C=O) groups excluding carboxylic acids is 1. The Balaban J connectivity index is 1.74. The molecule has 0 fully saturated rings. The number of benzene rings is 2. The van der Waals surface area contributed by atoms with Crippen molar-refractivity contribution in [2.75, 3.05) is 32.4 Å². The van der Waals surface area contributed by atoms with E-state index in [2.05, 4.69) is 15.3 Å². The fourth-order valence-corrected chi connectivity index (χ4v) is 3.82. The van der Waals surface area contributed by atoms with Gasteiger partial charge in [0.05, 0.1) is 40.9 Å². The molecule has 0 aliphatic rings. The third-order valence-electron chi connectivity index (χ3n) is 5.36. The van der Waals surface area contributed by atoms with Gasteiger partial charge in [-0.1, -0.05) is 23.7 Å². The van der Waals surface area contributed by atoms with Crippen molar-refractivity contribution < 1.29 is 28.0 Å². The van der Waals surface area contributed by atoms with Gasteiger partial charge >= 0.3 is 0 Å². The molecule has 0 spiro atoms. The van der Waals surface area contributed by atoms with Crippen molar-refractivity contribution in [1.29, 1.82) is 5.26 Å². The van der Waals surface area contributed by atoms with Crippen LogP contribution in [-0.2, 0) is 17.8 Å². The smallest absolute Gasteiger partial charge is 0.159 e. The van der Waals surface area contributed by atoms with Gasteiger partial charge in [-0.3, -0.25) is 14.8 Å². The minimum atomic E-state index is -2.85. The first kappa shape index (κ1) is 18.0. The van der Waals surface area contributed by atoms with E-state index in [1.165, 1.54) is 48.8 Å². The number of nitrogens with one attached hydrogen (secondary N) is 1. The average molecular weight is 566 g/mol. The quantitative estimate of drug-likeness (QED) is 0.205. The topological polar surface area (TPSA) is 100 Å². The van der Waals surface area contributed by atoms with Crippen LogP contribution in [0.15, 0.2) is 73.1 Å². The molecule has 0 saturated heterocycles. The fraction of sp³-hybridized carbons (Fsp3) is 0.226. The van der Waals surface area contributed by atoms with Crippen LogP contribution in [0.1, 0.15) is 37.5 Å². The van der Waals surface area contributed by atoms with Crippen LogP contribution in [0, 0.1) is 11.3 Å². The number of fused-ring (bicyclic) bond motifs is 1. The van der Waals surface area contributed by atoms with Crippen molar-refractivity contribution in [3.63, 3.8) is 0 Å². The van der Waals surface area contributed by atoms with Gasteiger partial charge in [-0.05, 0) is 63.4 Å². The monoisotopic (exact) mass is 565 g/mol. The lowest BCUT2D eigenvalue weighted by atomic mass is 10.0. The number of aromatic nitrogens is 2. The Morgan fingerprint density at radius 3 is 2.85 bits per heavy atom. The summed E-state index contributed by atoms with van der Waals surface area (Å²) < 4.78 is 90.2. The summed E-state index contributed by atoms with van der Waals surface area (Å²) in [7, 11) is 0.988. The number of pyridine rings is 2. The molecule has 9 heteroatoms. The van der Waals surface area contributed by atoms with Crippen LogP contribution in [0.25, 0.3) is 10.9 Å². The molecule has 1 N–H and O–H groups in total. The van der Waals surface area contributed by atoms with Crippen molar-refractivity contribution in [3.05, 3.63) is 94.9 Å². The summed E-state index contributed by atoms with van der Waals surface area (Å²) in [4.78, 5) is 21.9. The number of ether oxygens (including phenoxy) is 2. The van der Waals surface area contributed by atoms with Crippen LogP contribution < -0.4 is 14.8 Å². The number of halogens is 1. The molecule has 0 aliphatic heterocycles. The zero-order valence-corrected chi connectivity index (χ0v) is 22.2. The third-order valence-corrected chi connectivity index (χ3v) is 5.65. The summed E-state index contributed by atoms with van der Waals surface area (Å²) in [5, 5.41) is 13.3. The highest BCUT2D eigenvalue weighted by molar-refractivity contribution is 6.32. The number of carbonyl (C=O) groups is 1. The van der Waals surface area contributed by atoms with Crippen LogP contribution in [-0.4, -0.2) is 47.7 Å². The molecule has 8 nitrogen and oxygen atoms in total. The lowest BCUT2D eigenvalue weighted by molar-refractivity contribution is -0.114. The Bertz CT molecular complexity index is 1980. The molecule has 0 radical (unpaired) electrons. The Kier molecular flexibility index (Phi) is 6.10. The second-order valence-corrected chi connectivity index (χ2v) is 8.62.